The van der Waals surface area contributed by atoms with Gasteiger partial charge in [-0.3, -0.25) is 4.79 Å². The van der Waals surface area contributed by atoms with E-state index in [9.17, 15) is 18.4 Å². The molecule has 0 fully saturated rings. The van der Waals surface area contributed by atoms with Crippen LogP contribution in [-0.2, 0) is 0 Å². The fraction of sp³-hybridized carbons (Fsp3) is 0.263. The molecule has 0 aliphatic carbocycles. The summed E-state index contributed by atoms with van der Waals surface area (Å²) >= 11 is 0. The van der Waals surface area contributed by atoms with Crippen LogP contribution in [0.1, 0.15) is 28.9 Å². The Morgan fingerprint density at radius 2 is 1.78 bits per heavy atom. The summed E-state index contributed by atoms with van der Waals surface area (Å²) in [6.45, 7) is 1.95. The Kier molecular flexibility index (Phi) is 7.10. The van der Waals surface area contributed by atoms with Gasteiger partial charge in [-0.05, 0) is 37.3 Å². The number of amides is 3. The van der Waals surface area contributed by atoms with Crippen LogP contribution < -0.4 is 20.7 Å². The molecular weight excluding hydrogens is 356 g/mol. The lowest BCUT2D eigenvalue weighted by Crippen LogP contribution is -2.41. The maximum atomic E-state index is 13.5. The van der Waals surface area contributed by atoms with Crippen LogP contribution in [0.15, 0.2) is 42.5 Å². The van der Waals surface area contributed by atoms with Crippen LogP contribution in [0.3, 0.4) is 0 Å². The number of methoxy groups -OCH3 is 1. The second kappa shape index (κ2) is 9.51. The Hall–Kier alpha value is -3.16. The average molecular weight is 377 g/mol. The van der Waals surface area contributed by atoms with Crippen LogP contribution in [0.25, 0.3) is 0 Å². The number of hydrogen-bond acceptors (Lipinski definition) is 3. The molecule has 27 heavy (non-hydrogen) atoms. The van der Waals surface area contributed by atoms with Crippen molar-refractivity contribution in [2.75, 3.05) is 20.2 Å². The molecule has 8 heteroatoms. The van der Waals surface area contributed by atoms with Gasteiger partial charge >= 0.3 is 6.03 Å². The molecule has 6 nitrogen and oxygen atoms in total. The molecule has 144 valence electrons. The molecule has 0 aliphatic heterocycles. The quantitative estimate of drug-likeness (QED) is 0.649. The molecule has 3 N–H and O–H groups in total. The number of carbonyl (C=O) groups is 2. The lowest BCUT2D eigenvalue weighted by atomic mass is 10.1. The van der Waals surface area contributed by atoms with E-state index in [-0.39, 0.29) is 18.7 Å². The highest BCUT2D eigenvalue weighted by molar-refractivity contribution is 5.94. The van der Waals surface area contributed by atoms with Gasteiger partial charge in [0.1, 0.15) is 17.4 Å². The fourth-order valence-corrected chi connectivity index (χ4v) is 2.46. The normalized spacial score (nSPS) is 11.4. The number of urea groups is 1. The van der Waals surface area contributed by atoms with Gasteiger partial charge in [0.2, 0.25) is 0 Å². The first-order valence-corrected chi connectivity index (χ1v) is 8.33. The Morgan fingerprint density at radius 1 is 1.07 bits per heavy atom. The zero-order valence-corrected chi connectivity index (χ0v) is 15.0. The molecular formula is C19H21F2N3O3. The molecule has 1 atom stereocenters. The van der Waals surface area contributed by atoms with Crippen molar-refractivity contribution in [2.24, 2.45) is 0 Å². The number of carbonyl (C=O) groups excluding carboxylic acids is 2. The standard InChI is InChI=1S/C19H21F2N3O3/c1-12(15-11-13(20)7-8-17(15)27-2)24-19(26)23-10-9-22-18(25)14-5-3-4-6-16(14)21/h3-8,11-12H,9-10H2,1-2H3,(H,22,25)(H2,23,24,26)/t12-/m1/s1. The molecule has 0 unspecified atom stereocenters. The molecule has 0 bridgehead atoms. The topological polar surface area (TPSA) is 79.5 Å². The third-order valence-electron chi connectivity index (χ3n) is 3.82. The molecule has 3 amide bonds. The van der Waals surface area contributed by atoms with Crippen molar-refractivity contribution in [1.82, 2.24) is 16.0 Å². The Bertz CT molecular complexity index is 815. The van der Waals surface area contributed by atoms with Gasteiger partial charge in [-0.1, -0.05) is 12.1 Å². The highest BCUT2D eigenvalue weighted by atomic mass is 19.1. The zero-order valence-electron chi connectivity index (χ0n) is 15.0. The molecule has 0 radical (unpaired) electrons. The number of ether oxygens (including phenoxy) is 1. The smallest absolute Gasteiger partial charge is 0.315 e. The van der Waals surface area contributed by atoms with Crippen LogP contribution >= 0.6 is 0 Å². The summed E-state index contributed by atoms with van der Waals surface area (Å²) in [5.74, 6) is -1.15. The first-order chi connectivity index (χ1) is 12.9. The van der Waals surface area contributed by atoms with E-state index in [2.05, 4.69) is 16.0 Å². The molecule has 2 aromatic rings. The monoisotopic (exact) mass is 377 g/mol. The maximum Gasteiger partial charge on any atom is 0.315 e. The van der Waals surface area contributed by atoms with Gasteiger partial charge in [-0.15, -0.1) is 0 Å². The first-order valence-electron chi connectivity index (χ1n) is 8.33. The summed E-state index contributed by atoms with van der Waals surface area (Å²) in [6, 6.07) is 8.68. The minimum atomic E-state index is -0.612. The second-order valence-corrected chi connectivity index (χ2v) is 5.74. The number of nitrogens with one attached hydrogen (secondary N) is 3. The number of hydrogen-bond donors (Lipinski definition) is 3. The average Bonchev–Trinajstić information content (AvgIpc) is 2.65. The largest absolute Gasteiger partial charge is 0.496 e. The minimum absolute atomic E-state index is 0.0613. The van der Waals surface area contributed by atoms with Crippen molar-refractivity contribution in [3.8, 4) is 5.75 Å². The third-order valence-corrected chi connectivity index (χ3v) is 3.82. The summed E-state index contributed by atoms with van der Waals surface area (Å²) in [7, 11) is 1.46. The van der Waals surface area contributed by atoms with E-state index in [0.717, 1.165) is 0 Å². The van der Waals surface area contributed by atoms with Crippen LogP contribution in [0.4, 0.5) is 13.6 Å². The van der Waals surface area contributed by atoms with Gasteiger partial charge in [0.15, 0.2) is 0 Å². The maximum absolute atomic E-state index is 13.5. The van der Waals surface area contributed by atoms with Gasteiger partial charge in [0.05, 0.1) is 18.7 Å². The van der Waals surface area contributed by atoms with Crippen molar-refractivity contribution in [3.63, 3.8) is 0 Å². The van der Waals surface area contributed by atoms with Gasteiger partial charge < -0.3 is 20.7 Å². The van der Waals surface area contributed by atoms with E-state index in [0.29, 0.717) is 11.3 Å². The van der Waals surface area contributed by atoms with Crippen LogP contribution in [0, 0.1) is 11.6 Å². The van der Waals surface area contributed by atoms with Gasteiger partial charge in [0, 0.05) is 18.7 Å². The Morgan fingerprint density at radius 3 is 2.48 bits per heavy atom. The van der Waals surface area contributed by atoms with Crippen LogP contribution in [0.5, 0.6) is 5.75 Å². The number of rotatable bonds is 7. The van der Waals surface area contributed by atoms with E-state index in [1.807, 2.05) is 0 Å². The van der Waals surface area contributed by atoms with Crippen LogP contribution in [0.2, 0.25) is 0 Å². The molecule has 0 aliphatic rings. The third kappa shape index (κ3) is 5.67. The van der Waals surface area contributed by atoms with E-state index >= 15 is 0 Å². The van der Waals surface area contributed by atoms with Crippen LogP contribution in [-0.4, -0.2) is 32.1 Å². The van der Waals surface area contributed by atoms with E-state index < -0.39 is 29.6 Å². The molecule has 2 aromatic carbocycles. The van der Waals surface area contributed by atoms with Crippen molar-refractivity contribution in [1.29, 1.82) is 0 Å². The van der Waals surface area contributed by atoms with Gasteiger partial charge in [-0.2, -0.15) is 0 Å². The fourth-order valence-electron chi connectivity index (χ4n) is 2.46. The summed E-state index contributed by atoms with van der Waals surface area (Å²) < 4.78 is 32.1. The summed E-state index contributed by atoms with van der Waals surface area (Å²) in [5.41, 5.74) is 0.439. The van der Waals surface area contributed by atoms with Gasteiger partial charge in [-0.25, -0.2) is 13.6 Å². The lowest BCUT2D eigenvalue weighted by molar-refractivity contribution is 0.0949. The van der Waals surface area contributed by atoms with E-state index in [1.165, 1.54) is 43.5 Å². The second-order valence-electron chi connectivity index (χ2n) is 5.74. The van der Waals surface area contributed by atoms with E-state index in [1.54, 1.807) is 13.0 Å². The summed E-state index contributed by atoms with van der Waals surface area (Å²) in [6.07, 6.45) is 0. The molecule has 0 heterocycles. The predicted molar refractivity (Wildman–Crippen MR) is 96.6 cm³/mol. The number of halogens is 2. The molecule has 0 aromatic heterocycles. The molecule has 2 rings (SSSR count). The predicted octanol–water partition coefficient (Wildman–Crippen LogP) is 2.76. The zero-order chi connectivity index (χ0) is 19.8. The van der Waals surface area contributed by atoms with Gasteiger partial charge in [0.25, 0.3) is 5.91 Å². The molecule has 0 saturated heterocycles. The number of benzene rings is 2. The molecule has 0 saturated carbocycles. The Labute approximate surface area is 155 Å². The summed E-state index contributed by atoms with van der Waals surface area (Å²) in [5, 5.41) is 7.74. The minimum Gasteiger partial charge on any atom is -0.496 e. The van der Waals surface area contributed by atoms with Crippen molar-refractivity contribution < 1.29 is 23.1 Å². The Balaban J connectivity index is 1.79. The highest BCUT2D eigenvalue weighted by Gasteiger charge is 2.15. The van der Waals surface area contributed by atoms with Crippen molar-refractivity contribution in [2.45, 2.75) is 13.0 Å². The SMILES string of the molecule is COc1ccc(F)cc1[C@@H](C)NC(=O)NCCNC(=O)c1ccccc1F. The van der Waals surface area contributed by atoms with E-state index in [4.69, 9.17) is 4.74 Å². The molecule has 0 spiro atoms. The summed E-state index contributed by atoms with van der Waals surface area (Å²) in [4.78, 5) is 23.8. The highest BCUT2D eigenvalue weighted by Crippen LogP contribution is 2.25. The van der Waals surface area contributed by atoms with Crippen molar-refractivity contribution in [3.05, 3.63) is 65.2 Å². The first kappa shape index (κ1) is 20.2. The van der Waals surface area contributed by atoms with Crippen molar-refractivity contribution >= 4 is 11.9 Å². The lowest BCUT2D eigenvalue weighted by Gasteiger charge is -2.18.